The molecule has 0 unspecified atom stereocenters. The quantitative estimate of drug-likeness (QED) is 0.414. The largest absolute Gasteiger partial charge is 0.490 e. The van der Waals surface area contributed by atoms with Gasteiger partial charge >= 0.3 is 5.97 Å². The summed E-state index contributed by atoms with van der Waals surface area (Å²) in [6.45, 7) is 5.72. The molecule has 0 saturated carbocycles. The Balaban J connectivity index is 1.78. The van der Waals surface area contributed by atoms with Crippen molar-refractivity contribution in [2.45, 2.75) is 13.3 Å². The normalized spacial score (nSPS) is 10.4. The van der Waals surface area contributed by atoms with Gasteiger partial charge < -0.3 is 14.8 Å². The summed E-state index contributed by atoms with van der Waals surface area (Å²) in [6, 6.07) is 14.8. The number of anilines is 1. The van der Waals surface area contributed by atoms with Gasteiger partial charge in [-0.2, -0.15) is 0 Å². The molecule has 2 aromatic rings. The minimum absolute atomic E-state index is 0.339. The first kappa shape index (κ1) is 20.0. The number of hydrogen-bond donors (Lipinski definition) is 1. The molecule has 0 bridgehead atoms. The molecule has 5 nitrogen and oxygen atoms in total. The zero-order chi connectivity index (χ0) is 19.5. The standard InChI is InChI=1S/C22H23NO4/c1-3-14-26-20-11-8-18(9-12-20)10-13-22(25)27-16-21(24)23-19-7-5-6-17(4-2)15-19/h3,5-13,15H,1,4,14,16H2,2H3,(H,23,24)/b13-10+. The van der Waals surface area contributed by atoms with E-state index < -0.39 is 5.97 Å². The second-order valence-corrected chi connectivity index (χ2v) is 5.71. The fourth-order valence-electron chi connectivity index (χ4n) is 2.25. The third kappa shape index (κ3) is 7.20. The van der Waals surface area contributed by atoms with E-state index in [9.17, 15) is 9.59 Å². The topological polar surface area (TPSA) is 64.6 Å². The van der Waals surface area contributed by atoms with Crippen LogP contribution in [0.4, 0.5) is 5.69 Å². The number of carbonyl (C=O) groups is 2. The van der Waals surface area contributed by atoms with Crippen molar-refractivity contribution in [3.8, 4) is 5.75 Å². The molecule has 5 heteroatoms. The monoisotopic (exact) mass is 365 g/mol. The summed E-state index contributed by atoms with van der Waals surface area (Å²) in [4.78, 5) is 23.6. The Hall–Kier alpha value is -3.34. The number of nitrogens with one attached hydrogen (secondary N) is 1. The summed E-state index contributed by atoms with van der Waals surface area (Å²) in [6.07, 6.45) is 5.44. The zero-order valence-electron chi connectivity index (χ0n) is 15.3. The summed E-state index contributed by atoms with van der Waals surface area (Å²) in [5.41, 5.74) is 2.62. The number of benzene rings is 2. The lowest BCUT2D eigenvalue weighted by atomic mass is 10.1. The molecule has 1 N–H and O–H groups in total. The van der Waals surface area contributed by atoms with Crippen molar-refractivity contribution in [3.63, 3.8) is 0 Å². The van der Waals surface area contributed by atoms with E-state index in [2.05, 4.69) is 11.9 Å². The molecule has 1 amide bonds. The van der Waals surface area contributed by atoms with Gasteiger partial charge in [0, 0.05) is 11.8 Å². The molecule has 0 aromatic heterocycles. The molecule has 0 saturated heterocycles. The summed E-state index contributed by atoms with van der Waals surface area (Å²) >= 11 is 0. The summed E-state index contributed by atoms with van der Waals surface area (Å²) in [5, 5.41) is 2.71. The van der Waals surface area contributed by atoms with Gasteiger partial charge in [0.15, 0.2) is 6.61 Å². The van der Waals surface area contributed by atoms with Crippen LogP contribution < -0.4 is 10.1 Å². The molecular formula is C22H23NO4. The molecule has 0 aliphatic heterocycles. The third-order valence-electron chi connectivity index (χ3n) is 3.62. The first-order chi connectivity index (χ1) is 13.1. The van der Waals surface area contributed by atoms with Crippen LogP contribution in [0.1, 0.15) is 18.1 Å². The fourth-order valence-corrected chi connectivity index (χ4v) is 2.25. The predicted molar refractivity (Wildman–Crippen MR) is 107 cm³/mol. The Morgan fingerprint density at radius 1 is 1.15 bits per heavy atom. The van der Waals surface area contributed by atoms with Crippen molar-refractivity contribution in [1.82, 2.24) is 0 Å². The van der Waals surface area contributed by atoms with E-state index in [1.54, 1.807) is 30.4 Å². The van der Waals surface area contributed by atoms with Crippen molar-refractivity contribution in [2.75, 3.05) is 18.5 Å². The minimum Gasteiger partial charge on any atom is -0.490 e. The van der Waals surface area contributed by atoms with Crippen molar-refractivity contribution < 1.29 is 19.1 Å². The van der Waals surface area contributed by atoms with Gasteiger partial charge in [-0.15, -0.1) is 0 Å². The maximum absolute atomic E-state index is 11.9. The average Bonchev–Trinajstić information content (AvgIpc) is 2.70. The lowest BCUT2D eigenvalue weighted by Crippen LogP contribution is -2.20. The van der Waals surface area contributed by atoms with Crippen LogP contribution in [0.5, 0.6) is 5.75 Å². The molecule has 0 spiro atoms. The van der Waals surface area contributed by atoms with Crippen LogP contribution in [0.3, 0.4) is 0 Å². The van der Waals surface area contributed by atoms with Gasteiger partial charge in [0.2, 0.25) is 0 Å². The van der Waals surface area contributed by atoms with Gasteiger partial charge in [-0.05, 0) is 47.9 Å². The SMILES string of the molecule is C=CCOc1ccc(/C=C/C(=O)OCC(=O)Nc2cccc(CC)c2)cc1. The van der Waals surface area contributed by atoms with Crippen LogP contribution in [0.15, 0.2) is 67.3 Å². The maximum Gasteiger partial charge on any atom is 0.331 e. The Kier molecular flexibility index (Phi) is 7.85. The summed E-state index contributed by atoms with van der Waals surface area (Å²) < 4.78 is 10.3. The highest BCUT2D eigenvalue weighted by Crippen LogP contribution is 2.13. The van der Waals surface area contributed by atoms with Gasteiger partial charge in [0.1, 0.15) is 12.4 Å². The van der Waals surface area contributed by atoms with Crippen LogP contribution in [-0.4, -0.2) is 25.1 Å². The lowest BCUT2D eigenvalue weighted by Gasteiger charge is -2.06. The van der Waals surface area contributed by atoms with Crippen LogP contribution in [-0.2, 0) is 20.7 Å². The van der Waals surface area contributed by atoms with Crippen LogP contribution in [0.2, 0.25) is 0 Å². The number of amides is 1. The van der Waals surface area contributed by atoms with E-state index >= 15 is 0 Å². The number of hydrogen-bond acceptors (Lipinski definition) is 4. The maximum atomic E-state index is 11.9. The molecule has 0 atom stereocenters. The van der Waals surface area contributed by atoms with Gasteiger partial charge in [0.25, 0.3) is 5.91 Å². The number of esters is 1. The van der Waals surface area contributed by atoms with Crippen molar-refractivity contribution in [1.29, 1.82) is 0 Å². The highest BCUT2D eigenvalue weighted by atomic mass is 16.5. The Bertz CT molecular complexity index is 809. The number of aryl methyl sites for hydroxylation is 1. The van der Waals surface area contributed by atoms with Gasteiger partial charge in [-0.3, -0.25) is 4.79 Å². The minimum atomic E-state index is -0.584. The molecule has 0 aliphatic carbocycles. The molecule has 2 rings (SSSR count). The van der Waals surface area contributed by atoms with Crippen LogP contribution in [0.25, 0.3) is 6.08 Å². The molecule has 140 valence electrons. The molecule has 0 aliphatic rings. The van der Waals surface area contributed by atoms with Crippen LogP contribution >= 0.6 is 0 Å². The first-order valence-corrected chi connectivity index (χ1v) is 8.68. The van der Waals surface area contributed by atoms with Gasteiger partial charge in [-0.25, -0.2) is 4.79 Å². The number of rotatable bonds is 9. The molecule has 2 aromatic carbocycles. The molecule has 0 radical (unpaired) electrons. The smallest absolute Gasteiger partial charge is 0.331 e. The third-order valence-corrected chi connectivity index (χ3v) is 3.62. The Labute approximate surface area is 159 Å². The summed E-state index contributed by atoms with van der Waals surface area (Å²) in [5.74, 6) is -0.244. The Morgan fingerprint density at radius 3 is 2.63 bits per heavy atom. The van der Waals surface area contributed by atoms with E-state index in [0.29, 0.717) is 12.3 Å². The lowest BCUT2D eigenvalue weighted by molar-refractivity contribution is -0.142. The highest BCUT2D eigenvalue weighted by molar-refractivity contribution is 5.94. The number of carbonyl (C=O) groups excluding carboxylic acids is 2. The molecular weight excluding hydrogens is 342 g/mol. The van der Waals surface area contributed by atoms with E-state index in [1.165, 1.54) is 6.08 Å². The van der Waals surface area contributed by atoms with E-state index in [1.807, 2.05) is 37.3 Å². The van der Waals surface area contributed by atoms with Crippen LogP contribution in [0, 0.1) is 0 Å². The Morgan fingerprint density at radius 2 is 1.93 bits per heavy atom. The first-order valence-electron chi connectivity index (χ1n) is 8.68. The highest BCUT2D eigenvalue weighted by Gasteiger charge is 2.06. The van der Waals surface area contributed by atoms with E-state index in [0.717, 1.165) is 23.3 Å². The van der Waals surface area contributed by atoms with Gasteiger partial charge in [0.05, 0.1) is 0 Å². The van der Waals surface area contributed by atoms with Crippen molar-refractivity contribution in [3.05, 3.63) is 78.4 Å². The van der Waals surface area contributed by atoms with Gasteiger partial charge in [-0.1, -0.05) is 43.8 Å². The summed E-state index contributed by atoms with van der Waals surface area (Å²) in [7, 11) is 0. The molecule has 0 heterocycles. The number of ether oxygens (including phenoxy) is 2. The zero-order valence-corrected chi connectivity index (χ0v) is 15.3. The molecule has 0 fully saturated rings. The fraction of sp³-hybridized carbons (Fsp3) is 0.182. The van der Waals surface area contributed by atoms with Crippen molar-refractivity contribution >= 4 is 23.6 Å². The van der Waals surface area contributed by atoms with E-state index in [-0.39, 0.29) is 12.5 Å². The van der Waals surface area contributed by atoms with Crippen molar-refractivity contribution in [2.24, 2.45) is 0 Å². The predicted octanol–water partition coefficient (Wildman–Crippen LogP) is 4.01. The second-order valence-electron chi connectivity index (χ2n) is 5.71. The van der Waals surface area contributed by atoms with E-state index in [4.69, 9.17) is 9.47 Å². The second kappa shape index (κ2) is 10.6. The molecule has 27 heavy (non-hydrogen) atoms. The average molecular weight is 365 g/mol.